The third kappa shape index (κ3) is 3.89. The zero-order chi connectivity index (χ0) is 17.1. The van der Waals surface area contributed by atoms with E-state index in [1.165, 1.54) is 6.92 Å². The van der Waals surface area contributed by atoms with Gasteiger partial charge in [-0.25, -0.2) is 4.79 Å². The number of carbonyl (C=O) groups excluding carboxylic acids is 2. The Bertz CT molecular complexity index is 598. The molecule has 0 spiro atoms. The predicted octanol–water partition coefficient (Wildman–Crippen LogP) is 1.18. The maximum absolute atomic E-state index is 11.9. The molecule has 0 aromatic heterocycles. The molecule has 1 heterocycles. The lowest BCUT2D eigenvalue weighted by molar-refractivity contribution is -0.146. The lowest BCUT2D eigenvalue weighted by Gasteiger charge is -2.24. The largest absolute Gasteiger partial charge is 0.458 e. The number of rotatable bonds is 2. The zero-order valence-corrected chi connectivity index (χ0v) is 13.5. The average molecular weight is 322 g/mol. The molecule has 0 amide bonds. The Kier molecular flexibility index (Phi) is 5.38. The number of fused-ring (bicyclic) bond motifs is 1. The Hall–Kier alpha value is -1.92. The van der Waals surface area contributed by atoms with Crippen LogP contribution in [0.2, 0.25) is 0 Å². The maximum Gasteiger partial charge on any atom is 0.337 e. The molecule has 6 heteroatoms. The van der Waals surface area contributed by atoms with Crippen LogP contribution in [-0.4, -0.2) is 47.1 Å². The highest BCUT2D eigenvalue weighted by molar-refractivity contribution is 5.93. The van der Waals surface area contributed by atoms with Crippen molar-refractivity contribution in [1.29, 1.82) is 0 Å². The average Bonchev–Trinajstić information content (AvgIpc) is 2.77. The van der Waals surface area contributed by atoms with E-state index in [9.17, 15) is 19.8 Å². The number of esters is 2. The number of carbonyl (C=O) groups is 2. The van der Waals surface area contributed by atoms with Gasteiger partial charge in [0.15, 0.2) is 0 Å². The van der Waals surface area contributed by atoms with Gasteiger partial charge in [-0.2, -0.15) is 0 Å². The van der Waals surface area contributed by atoms with Crippen LogP contribution in [0.15, 0.2) is 34.4 Å². The second-order valence-electron chi connectivity index (χ2n) is 5.90. The molecule has 0 aromatic rings. The van der Waals surface area contributed by atoms with Crippen molar-refractivity contribution >= 4 is 11.9 Å². The first kappa shape index (κ1) is 17.4. The second kappa shape index (κ2) is 7.10. The monoisotopic (exact) mass is 322 g/mol. The van der Waals surface area contributed by atoms with Crippen LogP contribution in [0, 0.1) is 0 Å². The maximum atomic E-state index is 11.9. The van der Waals surface area contributed by atoms with Crippen LogP contribution in [0.1, 0.15) is 33.6 Å². The fraction of sp³-hybridized carbons (Fsp3) is 0.529. The minimum Gasteiger partial charge on any atom is -0.458 e. The standard InChI is InChI=1S/C17H22O6/c1-9-4-5-12-13(8-18)17(21)23-16(12)6-10(2)15(7-14(9)20)22-11(3)19/h4,6,14-16,18,20H,5,7-8H2,1-3H3/b9-4-,10-6?/t14-,15-,16+/m0/s1. The van der Waals surface area contributed by atoms with Gasteiger partial charge in [0, 0.05) is 13.3 Å². The highest BCUT2D eigenvalue weighted by Gasteiger charge is 2.33. The van der Waals surface area contributed by atoms with E-state index < -0.39 is 30.3 Å². The van der Waals surface area contributed by atoms with E-state index in [1.807, 2.05) is 6.08 Å². The Morgan fingerprint density at radius 2 is 2.09 bits per heavy atom. The number of aliphatic hydroxyl groups is 2. The molecule has 126 valence electrons. The molecule has 2 N–H and O–H groups in total. The van der Waals surface area contributed by atoms with Crippen LogP contribution in [0.25, 0.3) is 0 Å². The SMILES string of the molecule is CC(=O)O[C@H]1C[C@H](O)/C(C)=C\CC2=C(CO)C(=O)O[C@@H]2C=C1C. The lowest BCUT2D eigenvalue weighted by Crippen LogP contribution is -2.26. The first-order chi connectivity index (χ1) is 10.8. The lowest BCUT2D eigenvalue weighted by atomic mass is 9.92. The van der Waals surface area contributed by atoms with Gasteiger partial charge in [-0.05, 0) is 43.1 Å². The van der Waals surface area contributed by atoms with Crippen molar-refractivity contribution in [1.82, 2.24) is 0 Å². The fourth-order valence-electron chi connectivity index (χ4n) is 2.77. The van der Waals surface area contributed by atoms with Crippen molar-refractivity contribution in [3.8, 4) is 0 Å². The normalized spacial score (nSPS) is 30.8. The summed E-state index contributed by atoms with van der Waals surface area (Å²) in [4.78, 5) is 23.2. The van der Waals surface area contributed by atoms with Crippen molar-refractivity contribution in [3.05, 3.63) is 34.4 Å². The first-order valence-corrected chi connectivity index (χ1v) is 7.57. The third-order valence-corrected chi connectivity index (χ3v) is 4.21. The first-order valence-electron chi connectivity index (χ1n) is 7.57. The molecule has 1 aliphatic heterocycles. The highest BCUT2D eigenvalue weighted by Crippen LogP contribution is 2.31. The van der Waals surface area contributed by atoms with Gasteiger partial charge in [-0.3, -0.25) is 4.79 Å². The van der Waals surface area contributed by atoms with Gasteiger partial charge >= 0.3 is 11.9 Å². The molecule has 6 nitrogen and oxygen atoms in total. The van der Waals surface area contributed by atoms with Crippen LogP contribution < -0.4 is 0 Å². The smallest absolute Gasteiger partial charge is 0.337 e. The molecule has 0 aromatic carbocycles. The summed E-state index contributed by atoms with van der Waals surface area (Å²) in [5, 5.41) is 19.7. The van der Waals surface area contributed by atoms with E-state index >= 15 is 0 Å². The molecule has 0 bridgehead atoms. The Labute approximate surface area is 135 Å². The number of ether oxygens (including phenoxy) is 2. The highest BCUT2D eigenvalue weighted by atomic mass is 16.6. The van der Waals surface area contributed by atoms with E-state index in [2.05, 4.69) is 0 Å². The van der Waals surface area contributed by atoms with Gasteiger partial charge < -0.3 is 19.7 Å². The molecule has 0 fully saturated rings. The summed E-state index contributed by atoms with van der Waals surface area (Å²) in [7, 11) is 0. The molecule has 1 aliphatic carbocycles. The van der Waals surface area contributed by atoms with Gasteiger partial charge in [-0.1, -0.05) is 6.08 Å². The van der Waals surface area contributed by atoms with Crippen LogP contribution in [0.3, 0.4) is 0 Å². The van der Waals surface area contributed by atoms with Crippen molar-refractivity contribution in [2.75, 3.05) is 6.61 Å². The van der Waals surface area contributed by atoms with Gasteiger partial charge in [0.25, 0.3) is 0 Å². The topological polar surface area (TPSA) is 93.1 Å². The van der Waals surface area contributed by atoms with E-state index in [0.717, 1.165) is 5.57 Å². The number of aliphatic hydroxyl groups excluding tert-OH is 2. The number of hydrogen-bond acceptors (Lipinski definition) is 6. The molecular formula is C17H22O6. The molecule has 0 saturated carbocycles. The van der Waals surface area contributed by atoms with Crippen LogP contribution in [-0.2, 0) is 19.1 Å². The second-order valence-corrected chi connectivity index (χ2v) is 5.90. The molecule has 0 saturated heterocycles. The van der Waals surface area contributed by atoms with Gasteiger partial charge in [0.05, 0.1) is 18.3 Å². The van der Waals surface area contributed by atoms with Gasteiger partial charge in [0.1, 0.15) is 12.2 Å². The summed E-state index contributed by atoms with van der Waals surface area (Å²) >= 11 is 0. The molecular weight excluding hydrogens is 300 g/mol. The molecule has 2 rings (SSSR count). The minimum atomic E-state index is -0.754. The van der Waals surface area contributed by atoms with E-state index in [0.29, 0.717) is 17.6 Å². The van der Waals surface area contributed by atoms with Crippen LogP contribution >= 0.6 is 0 Å². The summed E-state index contributed by atoms with van der Waals surface area (Å²) in [5.41, 5.74) is 2.34. The Morgan fingerprint density at radius 1 is 1.39 bits per heavy atom. The molecule has 0 radical (unpaired) electrons. The van der Waals surface area contributed by atoms with Crippen molar-refractivity contribution in [2.45, 2.75) is 51.9 Å². The van der Waals surface area contributed by atoms with Crippen molar-refractivity contribution < 1.29 is 29.3 Å². The van der Waals surface area contributed by atoms with E-state index in [1.54, 1.807) is 19.9 Å². The number of allylic oxidation sites excluding steroid dienone is 1. The summed E-state index contributed by atoms with van der Waals surface area (Å²) in [5.74, 6) is -0.977. The summed E-state index contributed by atoms with van der Waals surface area (Å²) < 4.78 is 10.6. The van der Waals surface area contributed by atoms with Crippen LogP contribution in [0.4, 0.5) is 0 Å². The third-order valence-electron chi connectivity index (χ3n) is 4.21. The van der Waals surface area contributed by atoms with E-state index in [-0.39, 0.29) is 18.6 Å². The minimum absolute atomic E-state index is 0.247. The molecule has 2 aliphatic rings. The molecule has 3 atom stereocenters. The quantitative estimate of drug-likeness (QED) is 0.586. The van der Waals surface area contributed by atoms with Gasteiger partial charge in [-0.15, -0.1) is 0 Å². The predicted molar refractivity (Wildman–Crippen MR) is 82.3 cm³/mol. The van der Waals surface area contributed by atoms with Crippen LogP contribution in [0.5, 0.6) is 0 Å². The van der Waals surface area contributed by atoms with E-state index in [4.69, 9.17) is 9.47 Å². The number of hydrogen-bond donors (Lipinski definition) is 2. The Morgan fingerprint density at radius 3 is 2.70 bits per heavy atom. The van der Waals surface area contributed by atoms with Crippen molar-refractivity contribution in [2.24, 2.45) is 0 Å². The zero-order valence-electron chi connectivity index (χ0n) is 13.5. The molecule has 0 unspecified atom stereocenters. The van der Waals surface area contributed by atoms with Crippen molar-refractivity contribution in [3.63, 3.8) is 0 Å². The summed E-state index contributed by atoms with van der Waals surface area (Å²) in [6, 6.07) is 0. The summed E-state index contributed by atoms with van der Waals surface area (Å²) in [6.07, 6.45) is 2.25. The Balaban J connectivity index is 2.44. The van der Waals surface area contributed by atoms with Gasteiger partial charge in [0.2, 0.25) is 0 Å². The fourth-order valence-corrected chi connectivity index (χ4v) is 2.77. The molecule has 23 heavy (non-hydrogen) atoms. The summed E-state index contributed by atoms with van der Waals surface area (Å²) in [6.45, 7) is 4.47.